The minimum absolute atomic E-state index is 0. The van der Waals surface area contributed by atoms with Gasteiger partial charge in [0.15, 0.2) is 0 Å². The Morgan fingerprint density at radius 1 is 0.521 bits per heavy atom. The first-order chi connectivity index (χ1) is 44.0. The minimum Gasteiger partial charge on any atom is -0.491 e. The van der Waals surface area contributed by atoms with Gasteiger partial charge in [-0.2, -0.15) is 39.5 Å². The third-order valence-corrected chi connectivity index (χ3v) is 19.3. The molecule has 3 amide bonds. The lowest BCUT2D eigenvalue weighted by Gasteiger charge is -2.47. The van der Waals surface area contributed by atoms with Crippen molar-refractivity contribution < 1.29 is 72.8 Å². The Labute approximate surface area is 551 Å². The smallest absolute Gasteiger partial charge is 0.431 e. The van der Waals surface area contributed by atoms with Crippen LogP contribution >= 0.6 is 11.6 Å². The van der Waals surface area contributed by atoms with Crippen molar-refractivity contribution in [3.05, 3.63) is 164 Å². The molecule has 9 heterocycles. The summed E-state index contributed by atoms with van der Waals surface area (Å²) in [4.78, 5) is 44.4. The third kappa shape index (κ3) is 14.4. The second-order valence-electron chi connectivity index (χ2n) is 26.8. The Morgan fingerprint density at radius 3 is 1.27 bits per heavy atom. The Morgan fingerprint density at radius 2 is 0.883 bits per heavy atom. The Kier molecular flexibility index (Phi) is 19.7. The van der Waals surface area contributed by atoms with Crippen molar-refractivity contribution in [1.82, 2.24) is 44.4 Å². The number of ether oxygens (including phenoxy) is 2. The number of nitrogens with one attached hydrogen (secondary N) is 3. The summed E-state index contributed by atoms with van der Waals surface area (Å²) in [6.07, 6.45) is -9.77. The first kappa shape index (κ1) is 69.8. The van der Waals surface area contributed by atoms with Gasteiger partial charge in [0.25, 0.3) is 17.7 Å². The molecule has 25 heteroatoms. The molecule has 1 unspecified atom stereocenters. The molecule has 3 saturated heterocycles. The number of alkyl halides is 9. The van der Waals surface area contributed by atoms with Gasteiger partial charge < -0.3 is 58.9 Å². The number of aromatic nitrogens is 3. The highest BCUT2D eigenvalue weighted by Crippen LogP contribution is 2.45. The SMILES string of the molecule is CC(C)Oc1ccc(C(=O)N2CCC3(CC2)NCCn2c(C(F)(F)F)ccc23)cc1Cl.Cc1cc(C(=O)N2CCC3(CC2)NC(C)Cn2c(C(F)(F)F)ccc23)ccc1OC(C)C.Cc1cc(C(=O)N2CCC3(CC2)NCCn2c(C(F)(F)F)ccc23)ccc1C(C)(C)O.[HH].[HH].[HH]. The maximum atomic E-state index is 13.5. The molecule has 15 nitrogen and oxygen atoms in total. The zero-order valence-corrected chi connectivity index (χ0v) is 55.1. The monoisotopic (exact) mass is 1350 g/mol. The fourth-order valence-electron chi connectivity index (χ4n) is 14.7. The Balaban J connectivity index is 0.000000202. The summed E-state index contributed by atoms with van der Waals surface area (Å²) in [7, 11) is 0. The van der Waals surface area contributed by atoms with Crippen LogP contribution in [0.5, 0.6) is 11.5 Å². The third-order valence-electron chi connectivity index (χ3n) is 19.0. The van der Waals surface area contributed by atoms with Gasteiger partial charge in [0.05, 0.1) is 39.4 Å². The molecule has 3 spiro atoms. The lowest BCUT2D eigenvalue weighted by Crippen LogP contribution is -2.59. The highest BCUT2D eigenvalue weighted by atomic mass is 35.5. The molecule has 0 saturated carbocycles. The lowest BCUT2D eigenvalue weighted by molar-refractivity contribution is -0.145. The standard InChI is InChI=1S/C24H30F3N3O2.C23H28F3N3O2.C22H25ClF3N3O2.3H2/c1-15(2)32-19-6-5-18(13-16(19)3)22(31)29-11-9-23(10-12-29)20-7-8-21(24(25,26)27)30(20)14-17(4)28-23;1-15-14-16(4-5-17(15)21(2,3)31)20(30)28-11-8-22(9-12-28)18-6-7-19(23(24,25)26)29(18)13-10-27-22;1-14(2)31-17-4-3-15(13-16(17)23)20(30)28-10-7-21(8-11-28)18-5-6-19(22(24,25)26)29(18)12-9-27-21;;;/h5-8,13,15,17,28H,9-12,14H2,1-4H3;4-7,14,27,31H,8-13H2,1-3H3;3-6,13-14,27H,7-12H2,1-2H3;3*1H. The van der Waals surface area contributed by atoms with Gasteiger partial charge in [-0.25, -0.2) is 0 Å². The Bertz CT molecular complexity index is 3760. The number of aliphatic hydroxyl groups is 1. The largest absolute Gasteiger partial charge is 0.491 e. The van der Waals surface area contributed by atoms with E-state index < -0.39 is 57.8 Å². The maximum Gasteiger partial charge on any atom is 0.431 e. The predicted octanol–water partition coefficient (Wildman–Crippen LogP) is 13.9. The number of amides is 3. The summed E-state index contributed by atoms with van der Waals surface area (Å²) >= 11 is 6.27. The van der Waals surface area contributed by atoms with Crippen molar-refractivity contribution >= 4 is 29.3 Å². The maximum absolute atomic E-state index is 13.5. The van der Waals surface area contributed by atoms with Crippen LogP contribution in [0.3, 0.4) is 0 Å². The van der Waals surface area contributed by atoms with Crippen LogP contribution in [-0.4, -0.2) is 122 Å². The number of hydrogen-bond acceptors (Lipinski definition) is 9. The number of aryl methyl sites for hydroxylation is 2. The molecule has 3 fully saturated rings. The van der Waals surface area contributed by atoms with E-state index in [0.717, 1.165) is 34.6 Å². The summed E-state index contributed by atoms with van der Waals surface area (Å²) in [5.41, 5.74) is 1.67. The van der Waals surface area contributed by atoms with E-state index in [4.69, 9.17) is 21.1 Å². The number of hydrogen-bond donors (Lipinski definition) is 4. The van der Waals surface area contributed by atoms with Crippen LogP contribution in [0.2, 0.25) is 5.02 Å². The number of benzene rings is 3. The van der Waals surface area contributed by atoms with E-state index in [0.29, 0.717) is 135 Å². The molecule has 12 rings (SSSR count). The number of fused-ring (bicyclic) bond motifs is 6. The van der Waals surface area contributed by atoms with E-state index in [-0.39, 0.29) is 59.9 Å². The first-order valence-electron chi connectivity index (χ1n) is 32.1. The molecule has 516 valence electrons. The molecule has 1 atom stereocenters. The molecule has 0 bridgehead atoms. The van der Waals surface area contributed by atoms with Gasteiger partial charge in [-0.3, -0.25) is 14.4 Å². The average molecular weight is 1350 g/mol. The van der Waals surface area contributed by atoms with Crippen LogP contribution in [0.4, 0.5) is 39.5 Å². The zero-order chi connectivity index (χ0) is 68.3. The van der Waals surface area contributed by atoms with E-state index in [1.165, 1.54) is 19.8 Å². The van der Waals surface area contributed by atoms with E-state index in [1.54, 1.807) is 89.2 Å². The highest BCUT2D eigenvalue weighted by Gasteiger charge is 2.49. The quantitative estimate of drug-likeness (QED) is 0.109. The predicted molar refractivity (Wildman–Crippen MR) is 344 cm³/mol. The topological polar surface area (TPSA) is 150 Å². The van der Waals surface area contributed by atoms with Crippen LogP contribution in [0.25, 0.3) is 0 Å². The van der Waals surface area contributed by atoms with Gasteiger partial charge in [-0.15, -0.1) is 0 Å². The van der Waals surface area contributed by atoms with Crippen molar-refractivity contribution in [2.75, 3.05) is 52.4 Å². The van der Waals surface area contributed by atoms with Crippen molar-refractivity contribution in [3.63, 3.8) is 0 Å². The second kappa shape index (κ2) is 26.5. The van der Waals surface area contributed by atoms with E-state index in [2.05, 4.69) is 16.0 Å². The Hall–Kier alpha value is -6.99. The van der Waals surface area contributed by atoms with E-state index in [9.17, 15) is 59.0 Å². The van der Waals surface area contributed by atoms with Crippen molar-refractivity contribution in [2.24, 2.45) is 0 Å². The number of halogens is 10. The van der Waals surface area contributed by atoms with Crippen LogP contribution < -0.4 is 25.4 Å². The van der Waals surface area contributed by atoms with Gasteiger partial charge in [-0.1, -0.05) is 17.7 Å². The summed E-state index contributed by atoms with van der Waals surface area (Å²) in [5, 5.41) is 21.0. The fraction of sp³-hybridized carbons (Fsp3) is 0.522. The fourth-order valence-corrected chi connectivity index (χ4v) is 14.9. The van der Waals surface area contributed by atoms with Crippen molar-refractivity contribution in [3.8, 4) is 11.5 Å². The summed E-state index contributed by atoms with van der Waals surface area (Å²) in [6.45, 7) is 21.4. The van der Waals surface area contributed by atoms with Gasteiger partial charge in [0, 0.05) is 116 Å². The van der Waals surface area contributed by atoms with Gasteiger partial charge in [0.1, 0.15) is 28.6 Å². The van der Waals surface area contributed by atoms with Crippen LogP contribution in [0.15, 0.2) is 91.0 Å². The second-order valence-corrected chi connectivity index (χ2v) is 27.2. The number of carbonyl (C=O) groups excluding carboxylic acids is 3. The normalized spacial score (nSPS) is 19.3. The van der Waals surface area contributed by atoms with Crippen LogP contribution in [0, 0.1) is 13.8 Å². The molecule has 3 aromatic carbocycles. The molecule has 6 aliphatic rings. The molecule has 3 aromatic heterocycles. The summed E-state index contributed by atoms with van der Waals surface area (Å²) < 4.78 is 136. The van der Waals surface area contributed by atoms with E-state index in [1.807, 2.05) is 60.6 Å². The van der Waals surface area contributed by atoms with Crippen LogP contribution in [-0.2, 0) is 60.4 Å². The molecule has 0 radical (unpaired) electrons. The molecular formula is C69H89ClF9N9O6. The molecular weight excluding hydrogens is 1260 g/mol. The molecule has 6 aromatic rings. The number of rotatable bonds is 8. The molecule has 4 N–H and O–H groups in total. The summed E-state index contributed by atoms with van der Waals surface area (Å²) in [6, 6.07) is 23.9. The number of carbonyl (C=O) groups is 3. The van der Waals surface area contributed by atoms with E-state index >= 15 is 0 Å². The number of piperidine rings is 3. The number of nitrogens with zero attached hydrogens (tertiary/aromatic N) is 6. The zero-order valence-electron chi connectivity index (χ0n) is 54.4. The summed E-state index contributed by atoms with van der Waals surface area (Å²) in [5.74, 6) is 0.987. The highest BCUT2D eigenvalue weighted by molar-refractivity contribution is 6.32. The van der Waals surface area contributed by atoms with Gasteiger partial charge in [0.2, 0.25) is 0 Å². The molecule has 94 heavy (non-hydrogen) atoms. The number of likely N-dealkylation sites (tertiary alicyclic amines) is 3. The van der Waals surface area contributed by atoms with Crippen LogP contribution in [0.1, 0.15) is 173 Å². The average Bonchev–Trinajstić information content (AvgIpc) is 1.72. The first-order valence-corrected chi connectivity index (χ1v) is 32.5. The van der Waals surface area contributed by atoms with Gasteiger partial charge >= 0.3 is 18.5 Å². The van der Waals surface area contributed by atoms with Crippen molar-refractivity contribution in [2.45, 2.75) is 179 Å². The lowest BCUT2D eigenvalue weighted by atomic mass is 9.82. The minimum atomic E-state index is -4.38. The molecule has 6 aliphatic heterocycles. The van der Waals surface area contributed by atoms with Crippen molar-refractivity contribution in [1.29, 1.82) is 0 Å². The van der Waals surface area contributed by atoms with Gasteiger partial charge in [-0.05, 0) is 202 Å². The molecule has 0 aliphatic carbocycles.